The number of aromatic nitrogens is 3. The van der Waals surface area contributed by atoms with Crippen molar-refractivity contribution in [1.29, 1.82) is 0 Å². The van der Waals surface area contributed by atoms with Crippen molar-refractivity contribution in [3.8, 4) is 11.5 Å². The van der Waals surface area contributed by atoms with Crippen LogP contribution in [-0.2, 0) is 13.0 Å². The van der Waals surface area contributed by atoms with E-state index in [1.165, 1.54) is 0 Å². The average Bonchev–Trinajstić information content (AvgIpc) is 2.67. The predicted octanol–water partition coefficient (Wildman–Crippen LogP) is 4.43. The Bertz CT molecular complexity index is 1050. The van der Waals surface area contributed by atoms with Gasteiger partial charge in [-0.15, -0.1) is 0 Å². The van der Waals surface area contributed by atoms with E-state index in [-0.39, 0.29) is 5.75 Å². The number of nitrogens with zero attached hydrogens (tertiary/aromatic N) is 4. The van der Waals surface area contributed by atoms with Gasteiger partial charge in [0.05, 0.1) is 6.20 Å². The lowest BCUT2D eigenvalue weighted by molar-refractivity contribution is 0.433. The first-order valence-electron chi connectivity index (χ1n) is 9.08. The number of pyridine rings is 1. The quantitative estimate of drug-likeness (QED) is 0.671. The Kier molecular flexibility index (Phi) is 4.66. The normalized spacial score (nSPS) is 13.4. The molecule has 0 bridgehead atoms. The van der Waals surface area contributed by atoms with E-state index in [1.807, 2.05) is 26.8 Å². The van der Waals surface area contributed by atoms with Crippen LogP contribution in [0.15, 0.2) is 30.5 Å². The average molecular weight is 382 g/mol. The third-order valence-corrected chi connectivity index (χ3v) is 4.91. The third kappa shape index (κ3) is 3.52. The minimum Gasteiger partial charge on any atom is -0.453 e. The summed E-state index contributed by atoms with van der Waals surface area (Å²) in [5.74, 6) is 0.685. The molecule has 1 aliphatic rings. The number of hydrogen-bond donors (Lipinski definition) is 0. The molecule has 0 aliphatic carbocycles. The van der Waals surface area contributed by atoms with Gasteiger partial charge in [-0.3, -0.25) is 4.98 Å². The second-order valence-electron chi connectivity index (χ2n) is 6.93. The standard InChI is InChI=1S/C21H20F2N4O/c1-12-13(2)25-14(3)26-21(12)27-7-6-19-15(11-27)8-17(10-24-19)28-20-9-16(22)4-5-18(20)23/h4-5,8-10H,6-7,11H2,1-3H3. The topological polar surface area (TPSA) is 51.1 Å². The number of ether oxygens (including phenoxy) is 1. The van der Waals surface area contributed by atoms with Gasteiger partial charge in [0, 0.05) is 42.5 Å². The van der Waals surface area contributed by atoms with Crippen molar-refractivity contribution in [1.82, 2.24) is 15.0 Å². The maximum absolute atomic E-state index is 13.9. The van der Waals surface area contributed by atoms with Gasteiger partial charge in [0.2, 0.25) is 0 Å². The summed E-state index contributed by atoms with van der Waals surface area (Å²) in [4.78, 5) is 15.7. The monoisotopic (exact) mass is 382 g/mol. The Hall–Kier alpha value is -3.09. The molecule has 0 spiro atoms. The van der Waals surface area contributed by atoms with E-state index in [0.717, 1.165) is 65.3 Å². The number of rotatable bonds is 3. The van der Waals surface area contributed by atoms with Gasteiger partial charge >= 0.3 is 0 Å². The highest BCUT2D eigenvalue weighted by molar-refractivity contribution is 5.51. The van der Waals surface area contributed by atoms with E-state index in [1.54, 1.807) is 6.20 Å². The molecule has 0 saturated heterocycles. The number of fused-ring (bicyclic) bond motifs is 1. The summed E-state index contributed by atoms with van der Waals surface area (Å²) >= 11 is 0. The lowest BCUT2D eigenvalue weighted by Gasteiger charge is -2.30. The van der Waals surface area contributed by atoms with Gasteiger partial charge in [0.25, 0.3) is 0 Å². The number of aryl methyl sites for hydroxylation is 2. The van der Waals surface area contributed by atoms with Crippen molar-refractivity contribution in [2.24, 2.45) is 0 Å². The minimum absolute atomic E-state index is 0.160. The largest absolute Gasteiger partial charge is 0.453 e. The van der Waals surface area contributed by atoms with Crippen LogP contribution in [0.5, 0.6) is 11.5 Å². The van der Waals surface area contributed by atoms with Crippen molar-refractivity contribution in [2.45, 2.75) is 33.7 Å². The molecule has 0 fully saturated rings. The molecule has 0 saturated carbocycles. The molecule has 7 heteroatoms. The molecule has 0 atom stereocenters. The van der Waals surface area contributed by atoms with Crippen LogP contribution in [0.25, 0.3) is 0 Å². The van der Waals surface area contributed by atoms with Crippen LogP contribution in [0.1, 0.15) is 28.3 Å². The van der Waals surface area contributed by atoms with Crippen molar-refractivity contribution in [3.05, 3.63) is 70.4 Å². The zero-order chi connectivity index (χ0) is 19.8. The van der Waals surface area contributed by atoms with Gasteiger partial charge in [-0.2, -0.15) is 0 Å². The molecule has 0 amide bonds. The first-order chi connectivity index (χ1) is 13.4. The molecular formula is C21H20F2N4O. The Balaban J connectivity index is 1.62. The van der Waals surface area contributed by atoms with E-state index in [9.17, 15) is 8.78 Å². The fraction of sp³-hybridized carbons (Fsp3) is 0.286. The number of benzene rings is 1. The molecule has 1 aromatic carbocycles. The molecule has 144 valence electrons. The van der Waals surface area contributed by atoms with Gasteiger partial charge in [-0.25, -0.2) is 18.7 Å². The zero-order valence-electron chi connectivity index (χ0n) is 16.0. The number of hydrogen-bond acceptors (Lipinski definition) is 5. The highest BCUT2D eigenvalue weighted by Gasteiger charge is 2.22. The van der Waals surface area contributed by atoms with Crippen molar-refractivity contribution in [2.75, 3.05) is 11.4 Å². The fourth-order valence-corrected chi connectivity index (χ4v) is 3.38. The van der Waals surface area contributed by atoms with Crippen LogP contribution < -0.4 is 9.64 Å². The molecule has 0 N–H and O–H groups in total. The molecule has 0 unspecified atom stereocenters. The van der Waals surface area contributed by atoms with Gasteiger partial charge in [-0.1, -0.05) is 0 Å². The highest BCUT2D eigenvalue weighted by atomic mass is 19.1. The predicted molar refractivity (Wildman–Crippen MR) is 102 cm³/mol. The van der Waals surface area contributed by atoms with E-state index in [4.69, 9.17) is 4.74 Å². The Labute approximate surface area is 162 Å². The summed E-state index contributed by atoms with van der Waals surface area (Å²) in [5, 5.41) is 0. The fourth-order valence-electron chi connectivity index (χ4n) is 3.38. The van der Waals surface area contributed by atoms with Gasteiger partial charge in [0.1, 0.15) is 23.2 Å². The third-order valence-electron chi connectivity index (χ3n) is 4.91. The smallest absolute Gasteiger partial charge is 0.166 e. The first-order valence-corrected chi connectivity index (χ1v) is 9.08. The van der Waals surface area contributed by atoms with E-state index >= 15 is 0 Å². The van der Waals surface area contributed by atoms with E-state index in [2.05, 4.69) is 19.9 Å². The van der Waals surface area contributed by atoms with Gasteiger partial charge in [-0.05, 0) is 44.5 Å². The molecular weight excluding hydrogens is 362 g/mol. The summed E-state index contributed by atoms with van der Waals surface area (Å²) in [7, 11) is 0. The Morgan fingerprint density at radius 1 is 1.07 bits per heavy atom. The van der Waals surface area contributed by atoms with Crippen LogP contribution in [0, 0.1) is 32.4 Å². The van der Waals surface area contributed by atoms with E-state index < -0.39 is 11.6 Å². The van der Waals surface area contributed by atoms with Gasteiger partial charge < -0.3 is 9.64 Å². The van der Waals surface area contributed by atoms with Gasteiger partial charge in [0.15, 0.2) is 11.6 Å². The summed E-state index contributed by atoms with van der Waals surface area (Å²) in [5.41, 5.74) is 3.97. The molecule has 28 heavy (non-hydrogen) atoms. The first kappa shape index (κ1) is 18.3. The zero-order valence-corrected chi connectivity index (χ0v) is 16.0. The maximum Gasteiger partial charge on any atom is 0.166 e. The van der Waals surface area contributed by atoms with Crippen molar-refractivity contribution >= 4 is 5.82 Å². The lowest BCUT2D eigenvalue weighted by atomic mass is 10.0. The second kappa shape index (κ2) is 7.14. The highest BCUT2D eigenvalue weighted by Crippen LogP contribution is 2.30. The summed E-state index contributed by atoms with van der Waals surface area (Å²) < 4.78 is 32.8. The lowest BCUT2D eigenvalue weighted by Crippen LogP contribution is -2.32. The Morgan fingerprint density at radius 2 is 1.89 bits per heavy atom. The number of halogens is 2. The summed E-state index contributed by atoms with van der Waals surface area (Å²) in [6.07, 6.45) is 2.31. The summed E-state index contributed by atoms with van der Waals surface area (Å²) in [6, 6.07) is 4.95. The molecule has 2 aromatic heterocycles. The van der Waals surface area contributed by atoms with Crippen LogP contribution in [-0.4, -0.2) is 21.5 Å². The van der Waals surface area contributed by atoms with E-state index in [0.29, 0.717) is 12.3 Å². The Morgan fingerprint density at radius 3 is 2.71 bits per heavy atom. The van der Waals surface area contributed by atoms with Crippen LogP contribution in [0.4, 0.5) is 14.6 Å². The molecule has 4 rings (SSSR count). The van der Waals surface area contributed by atoms with Crippen LogP contribution >= 0.6 is 0 Å². The molecule has 1 aliphatic heterocycles. The maximum atomic E-state index is 13.9. The molecule has 5 nitrogen and oxygen atoms in total. The summed E-state index contributed by atoms with van der Waals surface area (Å²) in [6.45, 7) is 7.29. The molecule has 3 heterocycles. The second-order valence-corrected chi connectivity index (χ2v) is 6.93. The minimum atomic E-state index is -0.622. The molecule has 3 aromatic rings. The van der Waals surface area contributed by atoms with Crippen molar-refractivity contribution < 1.29 is 13.5 Å². The SMILES string of the molecule is Cc1nc(C)c(C)c(N2CCc3ncc(Oc4cc(F)ccc4F)cc3C2)n1. The van der Waals surface area contributed by atoms with Crippen LogP contribution in [0.2, 0.25) is 0 Å². The molecule has 0 radical (unpaired) electrons. The van der Waals surface area contributed by atoms with Crippen LogP contribution in [0.3, 0.4) is 0 Å². The number of anilines is 1. The van der Waals surface area contributed by atoms with Crippen molar-refractivity contribution in [3.63, 3.8) is 0 Å².